The molecule has 3 nitrogen and oxygen atoms in total. The fraction of sp³-hybridized carbons (Fsp3) is 1.00. The maximum absolute atomic E-state index is 5.87. The van der Waals surface area contributed by atoms with E-state index in [2.05, 4.69) is 51.3 Å². The van der Waals surface area contributed by atoms with Crippen LogP contribution in [0.25, 0.3) is 0 Å². The maximum atomic E-state index is 5.87. The predicted molar refractivity (Wildman–Crippen MR) is 98.9 cm³/mol. The van der Waals surface area contributed by atoms with Gasteiger partial charge in [0, 0.05) is 19.6 Å². The van der Waals surface area contributed by atoms with Gasteiger partial charge in [-0.1, -0.05) is 20.8 Å². The van der Waals surface area contributed by atoms with Crippen LogP contribution in [0.2, 0.25) is 0 Å². The molecule has 2 fully saturated rings. The Labute approximate surface area is 144 Å². The summed E-state index contributed by atoms with van der Waals surface area (Å²) in [6, 6.07) is 0. The average Bonchev–Trinajstić information content (AvgIpc) is 2.84. The summed E-state index contributed by atoms with van der Waals surface area (Å²) in [6.07, 6.45) is 4.15. The van der Waals surface area contributed by atoms with Crippen LogP contribution < -0.4 is 0 Å². The van der Waals surface area contributed by atoms with Crippen LogP contribution in [0.1, 0.15) is 60.8 Å². The first kappa shape index (κ1) is 19.2. The number of likely N-dealkylation sites (tertiary alicyclic amines) is 2. The highest BCUT2D eigenvalue weighted by atomic mass is 16.5. The number of piperidine rings is 1. The van der Waals surface area contributed by atoms with Crippen LogP contribution >= 0.6 is 0 Å². The van der Waals surface area contributed by atoms with Crippen molar-refractivity contribution in [1.82, 2.24) is 9.80 Å². The fourth-order valence-electron chi connectivity index (χ4n) is 4.09. The molecule has 0 saturated carbocycles. The van der Waals surface area contributed by atoms with E-state index in [9.17, 15) is 0 Å². The number of hydrogen-bond donors (Lipinski definition) is 0. The summed E-state index contributed by atoms with van der Waals surface area (Å²) < 4.78 is 5.87. The van der Waals surface area contributed by atoms with Crippen LogP contribution in [0.4, 0.5) is 0 Å². The van der Waals surface area contributed by atoms with Gasteiger partial charge in [-0.25, -0.2) is 0 Å². The molecule has 0 N–H and O–H groups in total. The molecule has 1 atom stereocenters. The summed E-state index contributed by atoms with van der Waals surface area (Å²) >= 11 is 0. The standard InChI is InChI=1S/C20H40N2O/c1-19(2,3)18-8-11-21(12-9-18)15-17-7-10-22(16-17)13-14-23-20(4,5)6/h17-18H,7-16H2,1-6H3/t17-/m1/s1. The second-order valence-electron chi connectivity index (χ2n) is 9.86. The van der Waals surface area contributed by atoms with Crippen LogP contribution in [-0.4, -0.2) is 61.3 Å². The summed E-state index contributed by atoms with van der Waals surface area (Å²) in [5, 5.41) is 0. The first-order chi connectivity index (χ1) is 10.6. The minimum Gasteiger partial charge on any atom is -0.375 e. The van der Waals surface area contributed by atoms with Crippen LogP contribution in [0.3, 0.4) is 0 Å². The van der Waals surface area contributed by atoms with E-state index in [1.165, 1.54) is 52.0 Å². The van der Waals surface area contributed by atoms with Crippen molar-refractivity contribution in [3.63, 3.8) is 0 Å². The third kappa shape index (κ3) is 6.72. The summed E-state index contributed by atoms with van der Waals surface area (Å²) in [7, 11) is 0. The van der Waals surface area contributed by atoms with E-state index in [-0.39, 0.29) is 5.60 Å². The monoisotopic (exact) mass is 324 g/mol. The third-order valence-electron chi connectivity index (χ3n) is 5.64. The van der Waals surface area contributed by atoms with Crippen molar-refractivity contribution >= 4 is 0 Å². The van der Waals surface area contributed by atoms with Gasteiger partial charge in [-0.3, -0.25) is 0 Å². The summed E-state index contributed by atoms with van der Waals surface area (Å²) in [4.78, 5) is 5.32. The van der Waals surface area contributed by atoms with Gasteiger partial charge in [0.2, 0.25) is 0 Å². The molecule has 0 bridgehead atoms. The molecule has 2 aliphatic heterocycles. The summed E-state index contributed by atoms with van der Waals surface area (Å²) in [6.45, 7) is 22.1. The Balaban J connectivity index is 1.63. The minimum absolute atomic E-state index is 0.00345. The van der Waals surface area contributed by atoms with Crippen molar-refractivity contribution in [2.75, 3.05) is 45.9 Å². The van der Waals surface area contributed by atoms with Gasteiger partial charge >= 0.3 is 0 Å². The van der Waals surface area contributed by atoms with Gasteiger partial charge < -0.3 is 14.5 Å². The van der Waals surface area contributed by atoms with Gasteiger partial charge in [-0.15, -0.1) is 0 Å². The number of rotatable bonds is 5. The molecular formula is C20H40N2O. The van der Waals surface area contributed by atoms with Crippen molar-refractivity contribution in [3.8, 4) is 0 Å². The normalized spacial score (nSPS) is 26.1. The minimum atomic E-state index is -0.00345. The van der Waals surface area contributed by atoms with Crippen LogP contribution in [0.5, 0.6) is 0 Å². The second-order valence-corrected chi connectivity index (χ2v) is 9.86. The van der Waals surface area contributed by atoms with Gasteiger partial charge in [0.15, 0.2) is 0 Å². The Kier molecular flexibility index (Phi) is 6.55. The third-order valence-corrected chi connectivity index (χ3v) is 5.64. The number of nitrogens with zero attached hydrogens (tertiary/aromatic N) is 2. The van der Waals surface area contributed by atoms with Crippen molar-refractivity contribution in [2.45, 2.75) is 66.4 Å². The Morgan fingerprint density at radius 1 is 0.870 bits per heavy atom. The maximum Gasteiger partial charge on any atom is 0.0600 e. The summed E-state index contributed by atoms with van der Waals surface area (Å²) in [5.41, 5.74) is 0.486. The predicted octanol–water partition coefficient (Wildman–Crippen LogP) is 3.88. The van der Waals surface area contributed by atoms with Gasteiger partial charge in [-0.05, 0) is 76.9 Å². The van der Waals surface area contributed by atoms with E-state index >= 15 is 0 Å². The molecule has 3 heteroatoms. The molecule has 0 aromatic carbocycles. The lowest BCUT2D eigenvalue weighted by Gasteiger charge is -2.39. The smallest absolute Gasteiger partial charge is 0.0600 e. The van der Waals surface area contributed by atoms with E-state index < -0.39 is 0 Å². The first-order valence-corrected chi connectivity index (χ1v) is 9.72. The van der Waals surface area contributed by atoms with E-state index in [1.54, 1.807) is 0 Å². The molecule has 136 valence electrons. The molecule has 0 radical (unpaired) electrons. The average molecular weight is 325 g/mol. The highest BCUT2D eigenvalue weighted by Gasteiger charge is 2.31. The van der Waals surface area contributed by atoms with E-state index in [0.717, 1.165) is 25.0 Å². The van der Waals surface area contributed by atoms with Crippen LogP contribution in [0.15, 0.2) is 0 Å². The molecule has 0 spiro atoms. The summed E-state index contributed by atoms with van der Waals surface area (Å²) in [5.74, 6) is 1.78. The topological polar surface area (TPSA) is 15.7 Å². The molecule has 0 unspecified atom stereocenters. The van der Waals surface area contributed by atoms with E-state index in [0.29, 0.717) is 5.41 Å². The molecule has 0 aliphatic carbocycles. The van der Waals surface area contributed by atoms with Crippen molar-refractivity contribution in [2.24, 2.45) is 17.3 Å². The van der Waals surface area contributed by atoms with Gasteiger partial charge in [0.1, 0.15) is 0 Å². The second kappa shape index (κ2) is 7.84. The zero-order valence-electron chi connectivity index (χ0n) is 16.5. The van der Waals surface area contributed by atoms with Gasteiger partial charge in [-0.2, -0.15) is 0 Å². The lowest BCUT2D eigenvalue weighted by Crippen LogP contribution is -2.40. The van der Waals surface area contributed by atoms with Crippen molar-refractivity contribution < 1.29 is 4.74 Å². The Hall–Kier alpha value is -0.120. The first-order valence-electron chi connectivity index (χ1n) is 9.72. The zero-order valence-corrected chi connectivity index (χ0v) is 16.5. The molecular weight excluding hydrogens is 284 g/mol. The molecule has 0 aromatic rings. The van der Waals surface area contributed by atoms with Gasteiger partial charge in [0.25, 0.3) is 0 Å². The van der Waals surface area contributed by atoms with Crippen LogP contribution in [0, 0.1) is 17.3 Å². The molecule has 2 heterocycles. The lowest BCUT2D eigenvalue weighted by molar-refractivity contribution is -0.0114. The lowest BCUT2D eigenvalue weighted by atomic mass is 9.75. The van der Waals surface area contributed by atoms with Gasteiger partial charge in [0.05, 0.1) is 12.2 Å². The fourth-order valence-corrected chi connectivity index (χ4v) is 4.09. The van der Waals surface area contributed by atoms with Crippen molar-refractivity contribution in [3.05, 3.63) is 0 Å². The Morgan fingerprint density at radius 2 is 1.48 bits per heavy atom. The largest absolute Gasteiger partial charge is 0.375 e. The molecule has 2 saturated heterocycles. The van der Waals surface area contributed by atoms with E-state index in [1.807, 2.05) is 0 Å². The molecule has 23 heavy (non-hydrogen) atoms. The SMILES string of the molecule is CC(C)(C)OCCN1CC[C@H](CN2CCC(C(C)(C)C)CC2)C1. The zero-order chi connectivity index (χ0) is 17.1. The Bertz CT molecular complexity index is 348. The highest BCUT2D eigenvalue weighted by Crippen LogP contribution is 2.34. The number of ether oxygens (including phenoxy) is 1. The quantitative estimate of drug-likeness (QED) is 0.763. The highest BCUT2D eigenvalue weighted by molar-refractivity contribution is 4.84. The molecule has 0 amide bonds. The number of hydrogen-bond acceptors (Lipinski definition) is 3. The Morgan fingerprint density at radius 3 is 2.04 bits per heavy atom. The van der Waals surface area contributed by atoms with E-state index in [4.69, 9.17) is 4.74 Å². The molecule has 2 aliphatic rings. The van der Waals surface area contributed by atoms with Crippen LogP contribution in [-0.2, 0) is 4.74 Å². The molecule has 2 rings (SSSR count). The molecule has 0 aromatic heterocycles. The van der Waals surface area contributed by atoms with Crippen molar-refractivity contribution in [1.29, 1.82) is 0 Å².